The number of aromatic amines is 1. The number of carbonyl (C=O) groups excluding carboxylic acids is 3. The number of likely N-dealkylation sites (tertiary alicyclic amines) is 1. The Labute approximate surface area is 200 Å². The Morgan fingerprint density at radius 3 is 2.53 bits per heavy atom. The van der Waals surface area contributed by atoms with Gasteiger partial charge in [-0.25, -0.2) is 4.79 Å². The van der Waals surface area contributed by atoms with Crippen LogP contribution in [0.5, 0.6) is 0 Å². The minimum atomic E-state index is -0.868. The van der Waals surface area contributed by atoms with E-state index in [0.717, 1.165) is 5.56 Å². The van der Waals surface area contributed by atoms with E-state index in [1.165, 1.54) is 12.0 Å². The lowest BCUT2D eigenvalue weighted by atomic mass is 9.94. The van der Waals surface area contributed by atoms with Gasteiger partial charge in [0.1, 0.15) is 11.5 Å². The monoisotopic (exact) mass is 479 g/mol. The second kappa shape index (κ2) is 9.15. The number of benzene rings is 1. The van der Waals surface area contributed by atoms with Crippen LogP contribution in [0, 0.1) is 13.8 Å². The molecule has 3 aromatic rings. The number of amides is 1. The molecule has 1 aromatic carbocycles. The van der Waals surface area contributed by atoms with E-state index in [-0.39, 0.29) is 29.1 Å². The number of aliphatic hydroxyl groups is 1. The van der Waals surface area contributed by atoms with Gasteiger partial charge < -0.3 is 19.7 Å². The summed E-state index contributed by atoms with van der Waals surface area (Å²) in [6.07, 6.45) is 3.23. The van der Waals surface area contributed by atoms with E-state index < -0.39 is 23.7 Å². The van der Waals surface area contributed by atoms with Crippen LogP contribution in [-0.2, 0) is 20.9 Å². The molecule has 34 heavy (non-hydrogen) atoms. The van der Waals surface area contributed by atoms with Gasteiger partial charge in [0.05, 0.1) is 18.7 Å². The van der Waals surface area contributed by atoms with Crippen molar-refractivity contribution in [2.45, 2.75) is 26.4 Å². The third-order valence-electron chi connectivity index (χ3n) is 5.87. The fourth-order valence-electron chi connectivity index (χ4n) is 4.27. The van der Waals surface area contributed by atoms with Gasteiger partial charge >= 0.3 is 5.97 Å². The van der Waals surface area contributed by atoms with Crippen molar-refractivity contribution in [3.05, 3.63) is 93.0 Å². The molecule has 1 aliphatic rings. The molecule has 4 rings (SSSR count). The highest BCUT2D eigenvalue weighted by Gasteiger charge is 2.46. The Hall–Kier alpha value is -3.91. The first-order valence-electron chi connectivity index (χ1n) is 10.4. The number of ether oxygens (including phenoxy) is 1. The zero-order valence-electron chi connectivity index (χ0n) is 18.8. The number of esters is 1. The van der Waals surface area contributed by atoms with Crippen LogP contribution < -0.4 is 0 Å². The molecule has 3 heterocycles. The molecule has 1 amide bonds. The van der Waals surface area contributed by atoms with Crippen molar-refractivity contribution in [2.24, 2.45) is 0 Å². The molecular formula is C25H22ClN3O5. The van der Waals surface area contributed by atoms with Crippen molar-refractivity contribution in [3.8, 4) is 0 Å². The Morgan fingerprint density at radius 2 is 1.91 bits per heavy atom. The number of methoxy groups -OCH3 is 1. The Bertz CT molecular complexity index is 1310. The van der Waals surface area contributed by atoms with Gasteiger partial charge in [0.25, 0.3) is 11.7 Å². The van der Waals surface area contributed by atoms with E-state index in [9.17, 15) is 19.5 Å². The van der Waals surface area contributed by atoms with E-state index in [0.29, 0.717) is 21.8 Å². The van der Waals surface area contributed by atoms with Gasteiger partial charge in [-0.3, -0.25) is 14.6 Å². The van der Waals surface area contributed by atoms with E-state index in [2.05, 4.69) is 9.97 Å². The van der Waals surface area contributed by atoms with Crippen LogP contribution in [0.4, 0.5) is 0 Å². The number of halogens is 1. The van der Waals surface area contributed by atoms with Gasteiger partial charge in [0.2, 0.25) is 0 Å². The van der Waals surface area contributed by atoms with Crippen molar-refractivity contribution in [1.29, 1.82) is 0 Å². The molecule has 1 saturated heterocycles. The standard InChI is InChI=1S/C25H22ClN3O5/c1-13-18(14(2)28-20(13)25(33)34-3)22(30)19-21(16-6-8-17(26)9-7-16)29(24(32)23(19)31)12-15-5-4-10-27-11-15/h4-11,21,28,30H,12H2,1-3H3/b22-19+. The molecular weight excluding hydrogens is 458 g/mol. The number of hydrogen-bond acceptors (Lipinski definition) is 6. The molecule has 2 aromatic heterocycles. The lowest BCUT2D eigenvalue weighted by Crippen LogP contribution is -2.29. The van der Waals surface area contributed by atoms with Gasteiger partial charge in [-0.1, -0.05) is 29.8 Å². The second-order valence-corrected chi connectivity index (χ2v) is 8.39. The Kier molecular flexibility index (Phi) is 6.26. The highest BCUT2D eigenvalue weighted by molar-refractivity contribution is 6.46. The van der Waals surface area contributed by atoms with Gasteiger partial charge in [-0.05, 0) is 48.7 Å². The summed E-state index contributed by atoms with van der Waals surface area (Å²) in [5.74, 6) is -2.54. The van der Waals surface area contributed by atoms with Gasteiger partial charge in [-0.2, -0.15) is 0 Å². The Morgan fingerprint density at radius 1 is 1.21 bits per heavy atom. The van der Waals surface area contributed by atoms with Crippen molar-refractivity contribution in [3.63, 3.8) is 0 Å². The van der Waals surface area contributed by atoms with Crippen LogP contribution in [0.2, 0.25) is 5.02 Å². The summed E-state index contributed by atoms with van der Waals surface area (Å²) in [7, 11) is 1.25. The van der Waals surface area contributed by atoms with Gasteiger partial charge in [-0.15, -0.1) is 0 Å². The molecule has 1 atom stereocenters. The first-order chi connectivity index (χ1) is 16.2. The predicted molar refractivity (Wildman–Crippen MR) is 125 cm³/mol. The topological polar surface area (TPSA) is 113 Å². The van der Waals surface area contributed by atoms with Crippen LogP contribution >= 0.6 is 11.6 Å². The highest BCUT2D eigenvalue weighted by atomic mass is 35.5. The molecule has 1 aliphatic heterocycles. The van der Waals surface area contributed by atoms with Crippen LogP contribution in [-0.4, -0.2) is 44.7 Å². The lowest BCUT2D eigenvalue weighted by molar-refractivity contribution is -0.140. The summed E-state index contributed by atoms with van der Waals surface area (Å²) in [5.41, 5.74) is 2.57. The van der Waals surface area contributed by atoms with Crippen molar-refractivity contribution in [1.82, 2.24) is 14.9 Å². The SMILES string of the molecule is COC(=O)c1[nH]c(C)c(/C(O)=C2\C(=O)C(=O)N(Cc3cccnc3)C2c2ccc(Cl)cc2)c1C. The zero-order chi connectivity index (χ0) is 24.6. The van der Waals surface area contributed by atoms with Crippen LogP contribution in [0.1, 0.15) is 44.5 Å². The first kappa shape index (κ1) is 23.3. The molecule has 0 spiro atoms. The maximum Gasteiger partial charge on any atom is 0.354 e. The molecule has 9 heteroatoms. The number of nitrogens with one attached hydrogen (secondary N) is 1. The fourth-order valence-corrected chi connectivity index (χ4v) is 4.40. The normalized spacial score (nSPS) is 17.3. The maximum absolute atomic E-state index is 13.2. The third-order valence-corrected chi connectivity index (χ3v) is 6.12. The Balaban J connectivity index is 1.91. The van der Waals surface area contributed by atoms with Crippen LogP contribution in [0.15, 0.2) is 54.4 Å². The summed E-state index contributed by atoms with van der Waals surface area (Å²) in [5, 5.41) is 11.9. The molecule has 8 nitrogen and oxygen atoms in total. The van der Waals surface area contributed by atoms with E-state index in [1.807, 2.05) is 0 Å². The second-order valence-electron chi connectivity index (χ2n) is 7.96. The van der Waals surface area contributed by atoms with E-state index >= 15 is 0 Å². The number of carbonyl (C=O) groups is 3. The summed E-state index contributed by atoms with van der Waals surface area (Å²) in [6.45, 7) is 3.41. The first-order valence-corrected chi connectivity index (χ1v) is 10.8. The molecule has 0 saturated carbocycles. The quantitative estimate of drug-likeness (QED) is 0.247. The molecule has 2 N–H and O–H groups in total. The third kappa shape index (κ3) is 3.97. The van der Waals surface area contributed by atoms with Crippen molar-refractivity contribution >= 4 is 35.0 Å². The predicted octanol–water partition coefficient (Wildman–Crippen LogP) is 4.09. The number of nitrogens with zero attached hydrogens (tertiary/aromatic N) is 2. The summed E-state index contributed by atoms with van der Waals surface area (Å²) >= 11 is 6.06. The molecule has 0 radical (unpaired) electrons. The number of aryl methyl sites for hydroxylation is 1. The smallest absolute Gasteiger partial charge is 0.354 e. The van der Waals surface area contributed by atoms with E-state index in [4.69, 9.17) is 16.3 Å². The number of aromatic nitrogens is 2. The maximum atomic E-state index is 13.2. The summed E-state index contributed by atoms with van der Waals surface area (Å²) in [4.78, 5) is 46.9. The number of ketones is 1. The molecule has 174 valence electrons. The summed E-state index contributed by atoms with van der Waals surface area (Å²) < 4.78 is 4.80. The molecule has 0 aliphatic carbocycles. The lowest BCUT2D eigenvalue weighted by Gasteiger charge is -2.25. The number of pyridine rings is 1. The minimum absolute atomic E-state index is 0.0715. The molecule has 1 fully saturated rings. The molecule has 0 bridgehead atoms. The van der Waals surface area contributed by atoms with Crippen molar-refractivity contribution < 1.29 is 24.2 Å². The van der Waals surface area contributed by atoms with Crippen LogP contribution in [0.25, 0.3) is 5.76 Å². The van der Waals surface area contributed by atoms with Gasteiger partial charge in [0.15, 0.2) is 0 Å². The highest BCUT2D eigenvalue weighted by Crippen LogP contribution is 2.41. The summed E-state index contributed by atoms with van der Waals surface area (Å²) in [6, 6.07) is 9.40. The minimum Gasteiger partial charge on any atom is -0.507 e. The molecule has 1 unspecified atom stereocenters. The number of Topliss-reactive ketones (excluding diaryl/α,β-unsaturated/α-hetero) is 1. The van der Waals surface area contributed by atoms with Crippen molar-refractivity contribution in [2.75, 3.05) is 7.11 Å². The number of H-pyrrole nitrogens is 1. The number of rotatable bonds is 5. The average Bonchev–Trinajstić information content (AvgIpc) is 3.27. The number of hydrogen-bond donors (Lipinski definition) is 2. The van der Waals surface area contributed by atoms with E-state index in [1.54, 1.807) is 62.6 Å². The largest absolute Gasteiger partial charge is 0.507 e. The number of aliphatic hydroxyl groups excluding tert-OH is 1. The fraction of sp³-hybridized carbons (Fsp3) is 0.200. The van der Waals surface area contributed by atoms with Crippen LogP contribution in [0.3, 0.4) is 0 Å². The average molecular weight is 480 g/mol. The zero-order valence-corrected chi connectivity index (χ0v) is 19.5. The van der Waals surface area contributed by atoms with Gasteiger partial charge in [0, 0.05) is 35.2 Å².